The molecule has 2 heteroatoms. The smallest absolute Gasteiger partial charge is 0 e. The van der Waals surface area contributed by atoms with Gasteiger partial charge < -0.3 is 4.90 Å². The van der Waals surface area contributed by atoms with E-state index in [4.69, 9.17) is 0 Å². The molecule has 81 valence electrons. The van der Waals surface area contributed by atoms with Gasteiger partial charge in [-0.3, -0.25) is 0 Å². The van der Waals surface area contributed by atoms with E-state index in [9.17, 15) is 0 Å². The van der Waals surface area contributed by atoms with E-state index in [1.807, 2.05) is 0 Å². The number of rotatable bonds is 9. The van der Waals surface area contributed by atoms with Gasteiger partial charge >= 0.3 is 0 Å². The van der Waals surface area contributed by atoms with Gasteiger partial charge in [0.25, 0.3) is 0 Å². The van der Waals surface area contributed by atoms with Crippen LogP contribution in [-0.2, 0) is 0 Å². The molecule has 0 aromatic carbocycles. The second-order valence-electron chi connectivity index (χ2n) is 4.28. The van der Waals surface area contributed by atoms with E-state index in [2.05, 4.69) is 25.9 Å². The zero-order valence-electron chi connectivity index (χ0n) is 10.8. The van der Waals surface area contributed by atoms with E-state index in [0.29, 0.717) is 0 Å². The molecule has 0 aromatic rings. The van der Waals surface area contributed by atoms with Crippen molar-refractivity contribution in [2.45, 2.75) is 58.3 Å². The molecule has 0 aliphatic rings. The maximum absolute atomic E-state index is 2.27. The average Bonchev–Trinajstić information content (AvgIpc) is 2.09. The van der Waals surface area contributed by atoms with Crippen molar-refractivity contribution in [2.75, 3.05) is 20.6 Å². The third kappa shape index (κ3) is 15.4. The molecule has 0 aromatic heterocycles. The summed E-state index contributed by atoms with van der Waals surface area (Å²) in [6.45, 7) is 3.53. The molecule has 0 rings (SSSR count). The van der Waals surface area contributed by atoms with Gasteiger partial charge in [-0.15, -0.1) is 0 Å². The first-order valence-corrected chi connectivity index (χ1v) is 5.92. The van der Waals surface area contributed by atoms with Crippen molar-refractivity contribution in [1.29, 1.82) is 0 Å². The van der Waals surface area contributed by atoms with Gasteiger partial charge in [0.05, 0.1) is 0 Å². The van der Waals surface area contributed by atoms with Gasteiger partial charge in [-0.1, -0.05) is 51.9 Å². The molecule has 0 saturated carbocycles. The van der Waals surface area contributed by atoms with Crippen LogP contribution in [0.4, 0.5) is 0 Å². The largest absolute Gasteiger partial charge is 0.309 e. The quantitative estimate of drug-likeness (QED) is 0.415. The van der Waals surface area contributed by atoms with Crippen molar-refractivity contribution in [3.05, 3.63) is 0 Å². The summed E-state index contributed by atoms with van der Waals surface area (Å²) in [6.07, 6.45) is 11.4. The standard InChI is InChI=1S/C12H27N.Na/c1-4-5-6-7-8-9-10-11-12-13(2)3;/h4-12H2,1-3H3;. The molecule has 0 atom stereocenters. The minimum Gasteiger partial charge on any atom is -0.309 e. The summed E-state index contributed by atoms with van der Waals surface area (Å²) in [5, 5.41) is 0. The summed E-state index contributed by atoms with van der Waals surface area (Å²) in [5.74, 6) is 0. The van der Waals surface area contributed by atoms with Crippen molar-refractivity contribution in [1.82, 2.24) is 4.90 Å². The fraction of sp³-hybridized carbons (Fsp3) is 1.00. The number of nitrogens with zero attached hydrogens (tertiary/aromatic N) is 1. The molecule has 0 N–H and O–H groups in total. The minimum absolute atomic E-state index is 0. The first kappa shape index (κ1) is 17.4. The van der Waals surface area contributed by atoms with E-state index < -0.39 is 0 Å². The molecule has 0 fully saturated rings. The summed E-state index contributed by atoms with van der Waals surface area (Å²) in [4.78, 5) is 2.27. The molecule has 0 heterocycles. The molecule has 0 unspecified atom stereocenters. The summed E-state index contributed by atoms with van der Waals surface area (Å²) in [7, 11) is 4.31. The SMILES string of the molecule is CCCCCCCCCCN(C)C.[Na]. The molecule has 0 aliphatic carbocycles. The summed E-state index contributed by atoms with van der Waals surface area (Å²) in [6, 6.07) is 0. The van der Waals surface area contributed by atoms with Crippen LogP contribution in [0.15, 0.2) is 0 Å². The molecule has 14 heavy (non-hydrogen) atoms. The van der Waals surface area contributed by atoms with Gasteiger partial charge in [0.1, 0.15) is 0 Å². The van der Waals surface area contributed by atoms with E-state index in [-0.39, 0.29) is 29.6 Å². The van der Waals surface area contributed by atoms with Crippen LogP contribution in [0.3, 0.4) is 0 Å². The minimum atomic E-state index is 0. The van der Waals surface area contributed by atoms with Gasteiger partial charge in [0.15, 0.2) is 0 Å². The van der Waals surface area contributed by atoms with Gasteiger partial charge in [-0.2, -0.15) is 0 Å². The topological polar surface area (TPSA) is 3.24 Å². The summed E-state index contributed by atoms with van der Waals surface area (Å²) >= 11 is 0. The fourth-order valence-electron chi connectivity index (χ4n) is 1.56. The van der Waals surface area contributed by atoms with Crippen molar-refractivity contribution in [3.63, 3.8) is 0 Å². The van der Waals surface area contributed by atoms with Crippen LogP contribution in [0.2, 0.25) is 0 Å². The Morgan fingerprint density at radius 3 is 1.57 bits per heavy atom. The second-order valence-corrected chi connectivity index (χ2v) is 4.28. The maximum Gasteiger partial charge on any atom is 0 e. The third-order valence-corrected chi connectivity index (χ3v) is 2.46. The van der Waals surface area contributed by atoms with E-state index in [1.54, 1.807) is 0 Å². The zero-order chi connectivity index (χ0) is 9.94. The van der Waals surface area contributed by atoms with Crippen LogP contribution in [0, 0.1) is 0 Å². The predicted octanol–water partition coefficient (Wildman–Crippen LogP) is 3.31. The number of hydrogen-bond acceptors (Lipinski definition) is 1. The Morgan fingerprint density at radius 1 is 0.714 bits per heavy atom. The van der Waals surface area contributed by atoms with Crippen LogP contribution in [0.5, 0.6) is 0 Å². The molecule has 0 saturated heterocycles. The van der Waals surface area contributed by atoms with E-state index in [0.717, 1.165) is 0 Å². The van der Waals surface area contributed by atoms with Gasteiger partial charge in [-0.05, 0) is 27.1 Å². The molecule has 1 radical (unpaired) electrons. The molecule has 0 aliphatic heterocycles. The van der Waals surface area contributed by atoms with E-state index >= 15 is 0 Å². The van der Waals surface area contributed by atoms with Crippen molar-refractivity contribution in [3.8, 4) is 0 Å². The fourth-order valence-corrected chi connectivity index (χ4v) is 1.56. The molecular formula is C12H27NNa. The second kappa shape index (κ2) is 14.0. The Kier molecular flexibility index (Phi) is 17.3. The number of hydrogen-bond donors (Lipinski definition) is 0. The van der Waals surface area contributed by atoms with Gasteiger partial charge in [0.2, 0.25) is 0 Å². The van der Waals surface area contributed by atoms with Crippen LogP contribution in [-0.4, -0.2) is 55.1 Å². The maximum atomic E-state index is 2.27. The average molecular weight is 208 g/mol. The summed E-state index contributed by atoms with van der Waals surface area (Å²) < 4.78 is 0. The normalized spacial score (nSPS) is 10.3. The Hall–Kier alpha value is 0.960. The van der Waals surface area contributed by atoms with Crippen molar-refractivity contribution >= 4 is 29.6 Å². The monoisotopic (exact) mass is 208 g/mol. The van der Waals surface area contributed by atoms with Crippen molar-refractivity contribution in [2.24, 2.45) is 0 Å². The molecule has 0 spiro atoms. The summed E-state index contributed by atoms with van der Waals surface area (Å²) in [5.41, 5.74) is 0. The van der Waals surface area contributed by atoms with Crippen LogP contribution < -0.4 is 0 Å². The first-order chi connectivity index (χ1) is 6.27. The Balaban J connectivity index is 0. The van der Waals surface area contributed by atoms with Gasteiger partial charge in [-0.25, -0.2) is 0 Å². The van der Waals surface area contributed by atoms with Crippen molar-refractivity contribution < 1.29 is 0 Å². The molecule has 0 amide bonds. The molecule has 0 bridgehead atoms. The van der Waals surface area contributed by atoms with E-state index in [1.165, 1.54) is 57.9 Å². The third-order valence-electron chi connectivity index (χ3n) is 2.46. The van der Waals surface area contributed by atoms with Crippen LogP contribution in [0.1, 0.15) is 58.3 Å². The Morgan fingerprint density at radius 2 is 1.14 bits per heavy atom. The first-order valence-electron chi connectivity index (χ1n) is 5.92. The Bertz CT molecular complexity index is 94.3. The van der Waals surface area contributed by atoms with Crippen LogP contribution >= 0.6 is 0 Å². The Labute approximate surface area is 113 Å². The number of unbranched alkanes of at least 4 members (excludes halogenated alkanes) is 7. The van der Waals surface area contributed by atoms with Crippen LogP contribution in [0.25, 0.3) is 0 Å². The molecular weight excluding hydrogens is 181 g/mol. The molecule has 1 nitrogen and oxygen atoms in total. The predicted molar refractivity (Wildman–Crippen MR) is 66.9 cm³/mol. The zero-order valence-corrected chi connectivity index (χ0v) is 12.8. The van der Waals surface area contributed by atoms with Gasteiger partial charge in [0, 0.05) is 29.6 Å².